The van der Waals surface area contributed by atoms with Crippen LogP contribution < -0.4 is 0 Å². The number of nitrogens with zero attached hydrogens (tertiary/aromatic N) is 4. The summed E-state index contributed by atoms with van der Waals surface area (Å²) < 4.78 is 41.7. The van der Waals surface area contributed by atoms with Crippen LogP contribution >= 0.6 is 23.4 Å². The summed E-state index contributed by atoms with van der Waals surface area (Å²) in [5.41, 5.74) is 2.52. The first-order chi connectivity index (χ1) is 21.9. The minimum Gasteiger partial charge on any atom is -0.375 e. The number of methoxy groups -OCH3 is 1. The Morgan fingerprint density at radius 2 is 1.91 bits per heavy atom. The predicted molar refractivity (Wildman–Crippen MR) is 166 cm³/mol. The van der Waals surface area contributed by atoms with E-state index in [2.05, 4.69) is 10.3 Å². The smallest absolute Gasteiger partial charge is 0.254 e. The number of fused-ring (bicyclic) bond motifs is 1. The molecular formula is C33H32ClFN4O5S. The molecule has 1 aromatic heterocycles. The zero-order chi connectivity index (χ0) is 31.1. The first-order valence-corrected chi connectivity index (χ1v) is 16.1. The Morgan fingerprint density at radius 3 is 2.64 bits per heavy atom. The molecule has 4 aromatic rings. The van der Waals surface area contributed by atoms with Crippen molar-refractivity contribution >= 4 is 29.3 Å². The highest BCUT2D eigenvalue weighted by Gasteiger charge is 2.52. The number of amides is 1. The van der Waals surface area contributed by atoms with E-state index in [1.54, 1.807) is 49.2 Å². The molecule has 3 aromatic carbocycles. The topological polar surface area (TPSA) is 87.9 Å². The average Bonchev–Trinajstić information content (AvgIpc) is 3.51. The molecule has 7 rings (SSSR count). The molecule has 3 saturated heterocycles. The van der Waals surface area contributed by atoms with Crippen LogP contribution in [-0.2, 0) is 18.9 Å². The van der Waals surface area contributed by atoms with Gasteiger partial charge in [-0.05, 0) is 43.2 Å². The summed E-state index contributed by atoms with van der Waals surface area (Å²) in [6.07, 6.45) is 0.528. The number of likely N-dealkylation sites (tertiary alicyclic amines) is 1. The van der Waals surface area contributed by atoms with Crippen molar-refractivity contribution in [2.75, 3.05) is 26.8 Å². The minimum atomic E-state index is -0.622. The molecule has 3 aliphatic heterocycles. The maximum atomic E-state index is 14.5. The summed E-state index contributed by atoms with van der Waals surface area (Å²) >= 11 is 7.80. The van der Waals surface area contributed by atoms with Gasteiger partial charge in [0.2, 0.25) is 0 Å². The zero-order valence-corrected chi connectivity index (χ0v) is 26.3. The Balaban J connectivity index is 1.24. The maximum Gasteiger partial charge on any atom is 0.254 e. The molecule has 9 nitrogen and oxygen atoms in total. The SMILES string of the molecule is COC1[C@@H](Sc2cc(Cl)ccc2C(=O)N2CCC2)OC2COC(c3ccccc3)O[C@@H]2[C@@H]1n1cc(-c2ccc(C)c(F)c2)nn1. The van der Waals surface area contributed by atoms with Crippen molar-refractivity contribution in [2.45, 2.75) is 54.3 Å². The first kappa shape index (κ1) is 30.3. The fourth-order valence-corrected chi connectivity index (χ4v) is 7.45. The van der Waals surface area contributed by atoms with Crippen LogP contribution in [0.25, 0.3) is 11.3 Å². The van der Waals surface area contributed by atoms with Gasteiger partial charge in [0.1, 0.15) is 41.3 Å². The van der Waals surface area contributed by atoms with Crippen LogP contribution in [0, 0.1) is 12.7 Å². The van der Waals surface area contributed by atoms with Crippen LogP contribution in [0.4, 0.5) is 4.39 Å². The van der Waals surface area contributed by atoms with Gasteiger partial charge in [0, 0.05) is 41.2 Å². The third kappa shape index (κ3) is 6.00. The Morgan fingerprint density at radius 1 is 1.09 bits per heavy atom. The Kier molecular flexibility index (Phi) is 8.64. The second-order valence-corrected chi connectivity index (χ2v) is 12.9. The van der Waals surface area contributed by atoms with E-state index in [1.165, 1.54) is 17.8 Å². The van der Waals surface area contributed by atoms with E-state index < -0.39 is 36.1 Å². The lowest BCUT2D eigenvalue weighted by molar-refractivity contribution is -0.308. The number of carbonyl (C=O) groups excluding carboxylic acids is 1. The summed E-state index contributed by atoms with van der Waals surface area (Å²) in [5.74, 6) is -0.358. The van der Waals surface area contributed by atoms with Crippen molar-refractivity contribution in [1.82, 2.24) is 19.9 Å². The van der Waals surface area contributed by atoms with Gasteiger partial charge in [0.15, 0.2) is 6.29 Å². The number of carbonyl (C=O) groups is 1. The van der Waals surface area contributed by atoms with E-state index in [0.29, 0.717) is 32.3 Å². The highest BCUT2D eigenvalue weighted by molar-refractivity contribution is 8.00. The molecule has 3 fully saturated rings. The van der Waals surface area contributed by atoms with Gasteiger partial charge < -0.3 is 23.8 Å². The summed E-state index contributed by atoms with van der Waals surface area (Å²) in [4.78, 5) is 15.8. The number of ether oxygens (including phenoxy) is 4. The van der Waals surface area contributed by atoms with Gasteiger partial charge >= 0.3 is 0 Å². The zero-order valence-electron chi connectivity index (χ0n) is 24.7. The van der Waals surface area contributed by atoms with Gasteiger partial charge in [0.05, 0.1) is 18.4 Å². The van der Waals surface area contributed by atoms with Crippen LogP contribution in [0.15, 0.2) is 77.8 Å². The number of aryl methyl sites for hydroxylation is 1. The van der Waals surface area contributed by atoms with Gasteiger partial charge in [-0.25, -0.2) is 9.07 Å². The lowest BCUT2D eigenvalue weighted by Gasteiger charge is -2.48. The van der Waals surface area contributed by atoms with E-state index >= 15 is 0 Å². The van der Waals surface area contributed by atoms with Crippen LogP contribution in [0.1, 0.15) is 40.2 Å². The van der Waals surface area contributed by atoms with Gasteiger partial charge in [-0.15, -0.1) is 5.10 Å². The Hall–Kier alpha value is -3.32. The van der Waals surface area contributed by atoms with Gasteiger partial charge in [-0.1, -0.05) is 71.0 Å². The molecule has 3 unspecified atom stereocenters. The minimum absolute atomic E-state index is 0.0408. The molecule has 4 heterocycles. The molecule has 0 bridgehead atoms. The molecule has 234 valence electrons. The molecule has 0 aliphatic carbocycles. The number of halogens is 2. The summed E-state index contributed by atoms with van der Waals surface area (Å²) in [7, 11) is 1.61. The van der Waals surface area contributed by atoms with Crippen molar-refractivity contribution in [3.8, 4) is 11.3 Å². The quantitative estimate of drug-likeness (QED) is 0.238. The number of hydrogen-bond donors (Lipinski definition) is 0. The largest absolute Gasteiger partial charge is 0.375 e. The van der Waals surface area contributed by atoms with Crippen LogP contribution in [-0.4, -0.2) is 76.4 Å². The van der Waals surface area contributed by atoms with Gasteiger partial charge in [-0.3, -0.25) is 4.79 Å². The number of rotatable bonds is 7. The molecule has 0 spiro atoms. The Bertz CT molecular complexity index is 1690. The fraction of sp³-hybridized carbons (Fsp3) is 0.364. The molecule has 45 heavy (non-hydrogen) atoms. The molecular weight excluding hydrogens is 619 g/mol. The number of hydrogen-bond acceptors (Lipinski definition) is 8. The third-order valence-electron chi connectivity index (χ3n) is 8.50. The van der Waals surface area contributed by atoms with E-state index in [4.69, 9.17) is 30.5 Å². The number of thioether (sulfide) groups is 1. The third-order valence-corrected chi connectivity index (χ3v) is 9.94. The number of aromatic nitrogens is 3. The second-order valence-electron chi connectivity index (χ2n) is 11.4. The van der Waals surface area contributed by atoms with Crippen LogP contribution in [0.2, 0.25) is 5.02 Å². The standard InChI is InChI=1S/C33H32ClFN4O5S/c1-19-9-10-21(15-24(19)35)25-17-39(37-36-25)28-29-26(18-42-32(44-29)20-7-4-3-5-8-20)43-33(30(28)41-2)45-27-16-22(34)11-12-23(27)31(40)38-13-6-14-38/h3-5,7-12,15-17,26,28-30,32-33H,6,13-14,18H2,1-2H3/t26?,28-,29-,30?,32?,33+/m0/s1. The van der Waals surface area contributed by atoms with E-state index in [1.807, 2.05) is 41.3 Å². The van der Waals surface area contributed by atoms with Gasteiger partial charge in [0.25, 0.3) is 5.91 Å². The van der Waals surface area contributed by atoms with Crippen molar-refractivity contribution < 1.29 is 28.1 Å². The highest BCUT2D eigenvalue weighted by atomic mass is 35.5. The molecule has 0 saturated carbocycles. The maximum absolute atomic E-state index is 14.5. The number of benzene rings is 3. The molecule has 0 radical (unpaired) electrons. The monoisotopic (exact) mass is 650 g/mol. The molecule has 0 N–H and O–H groups in total. The predicted octanol–water partition coefficient (Wildman–Crippen LogP) is 6.08. The molecule has 6 atom stereocenters. The first-order valence-electron chi connectivity index (χ1n) is 14.8. The van der Waals surface area contributed by atoms with Crippen LogP contribution in [0.5, 0.6) is 0 Å². The van der Waals surface area contributed by atoms with Crippen molar-refractivity contribution in [3.05, 3.63) is 100 Å². The van der Waals surface area contributed by atoms with Crippen molar-refractivity contribution in [2.24, 2.45) is 0 Å². The average molecular weight is 651 g/mol. The summed E-state index contributed by atoms with van der Waals surface area (Å²) in [6.45, 7) is 3.44. The normalized spacial score (nSPS) is 26.3. The second kappa shape index (κ2) is 12.8. The summed E-state index contributed by atoms with van der Waals surface area (Å²) in [5, 5.41) is 9.41. The van der Waals surface area contributed by atoms with Crippen molar-refractivity contribution in [1.29, 1.82) is 0 Å². The van der Waals surface area contributed by atoms with Gasteiger partial charge in [-0.2, -0.15) is 0 Å². The van der Waals surface area contributed by atoms with Crippen LogP contribution in [0.3, 0.4) is 0 Å². The Labute approximate surface area is 269 Å². The highest BCUT2D eigenvalue weighted by Crippen LogP contribution is 2.45. The lowest BCUT2D eigenvalue weighted by Crippen LogP contribution is -2.59. The van der Waals surface area contributed by atoms with Crippen molar-refractivity contribution in [3.63, 3.8) is 0 Å². The lowest BCUT2D eigenvalue weighted by atomic mass is 9.95. The molecule has 1 amide bonds. The van der Waals surface area contributed by atoms with E-state index in [-0.39, 0.29) is 18.3 Å². The fourth-order valence-electron chi connectivity index (χ4n) is 5.88. The van der Waals surface area contributed by atoms with E-state index in [0.717, 1.165) is 25.1 Å². The molecule has 12 heteroatoms. The van der Waals surface area contributed by atoms with E-state index in [9.17, 15) is 9.18 Å². The summed E-state index contributed by atoms with van der Waals surface area (Å²) in [6, 6.07) is 19.5. The molecule has 3 aliphatic rings.